The smallest absolute Gasteiger partial charge is 0.341 e. The van der Waals surface area contributed by atoms with Crippen molar-refractivity contribution >= 4 is 28.9 Å². The van der Waals surface area contributed by atoms with Gasteiger partial charge in [-0.1, -0.05) is 42.5 Å². The van der Waals surface area contributed by atoms with Gasteiger partial charge in [0.05, 0.1) is 24.7 Å². The zero-order valence-corrected chi connectivity index (χ0v) is 20.7. The Hall–Kier alpha value is -4.18. The highest BCUT2D eigenvalue weighted by atomic mass is 32.2. The predicted molar refractivity (Wildman–Crippen MR) is 137 cm³/mol. The molecular formula is C26H24N6O3S. The lowest BCUT2D eigenvalue weighted by atomic mass is 10.2. The Morgan fingerprint density at radius 2 is 1.83 bits per heavy atom. The Morgan fingerprint density at radius 3 is 2.58 bits per heavy atom. The van der Waals surface area contributed by atoms with Gasteiger partial charge in [0.1, 0.15) is 6.61 Å². The summed E-state index contributed by atoms with van der Waals surface area (Å²) in [6, 6.07) is 18.2. The van der Waals surface area contributed by atoms with Crippen molar-refractivity contribution in [3.63, 3.8) is 0 Å². The first-order valence-corrected chi connectivity index (χ1v) is 12.6. The average molecular weight is 501 g/mol. The molecule has 0 N–H and O–H groups in total. The van der Waals surface area contributed by atoms with E-state index in [1.807, 2.05) is 34.9 Å². The van der Waals surface area contributed by atoms with Crippen LogP contribution in [0.15, 0.2) is 78.2 Å². The first-order valence-electron chi connectivity index (χ1n) is 11.4. The maximum Gasteiger partial charge on any atom is 0.341 e. The van der Waals surface area contributed by atoms with Crippen molar-refractivity contribution in [3.05, 3.63) is 90.0 Å². The normalized spacial score (nSPS) is 11.1. The zero-order chi connectivity index (χ0) is 24.9. The Kier molecular flexibility index (Phi) is 6.94. The van der Waals surface area contributed by atoms with E-state index in [2.05, 4.69) is 50.6 Å². The number of ether oxygens (including phenoxy) is 2. The van der Waals surface area contributed by atoms with E-state index >= 15 is 0 Å². The van der Waals surface area contributed by atoms with Gasteiger partial charge in [0, 0.05) is 17.6 Å². The Balaban J connectivity index is 1.52. The van der Waals surface area contributed by atoms with Crippen LogP contribution >= 0.6 is 11.8 Å². The van der Waals surface area contributed by atoms with E-state index in [9.17, 15) is 4.79 Å². The fourth-order valence-corrected chi connectivity index (χ4v) is 4.07. The fourth-order valence-electron chi connectivity index (χ4n) is 3.66. The highest BCUT2D eigenvalue weighted by Gasteiger charge is 2.18. The fraction of sp³-hybridized carbons (Fsp3) is 0.192. The summed E-state index contributed by atoms with van der Waals surface area (Å²) in [6.45, 7) is 2.95. The molecule has 0 radical (unpaired) electrons. The van der Waals surface area contributed by atoms with Crippen LogP contribution in [-0.4, -0.2) is 48.1 Å². The predicted octanol–water partition coefficient (Wildman–Crippen LogP) is 4.54. The second-order valence-electron chi connectivity index (χ2n) is 7.89. The summed E-state index contributed by atoms with van der Waals surface area (Å²) in [4.78, 5) is 27.1. The molecule has 36 heavy (non-hydrogen) atoms. The highest BCUT2D eigenvalue weighted by molar-refractivity contribution is 7.98. The van der Waals surface area contributed by atoms with Gasteiger partial charge >= 0.3 is 5.97 Å². The van der Waals surface area contributed by atoms with E-state index in [1.54, 1.807) is 25.0 Å². The van der Waals surface area contributed by atoms with Crippen molar-refractivity contribution < 1.29 is 14.3 Å². The minimum Gasteiger partial charge on any atom is -0.471 e. The third-order valence-electron chi connectivity index (χ3n) is 5.46. The van der Waals surface area contributed by atoms with E-state index in [4.69, 9.17) is 9.47 Å². The summed E-state index contributed by atoms with van der Waals surface area (Å²) < 4.78 is 14.6. The van der Waals surface area contributed by atoms with Gasteiger partial charge < -0.3 is 14.0 Å². The molecule has 3 aromatic heterocycles. The Bertz CT molecular complexity index is 1480. The van der Waals surface area contributed by atoms with Gasteiger partial charge in [0.15, 0.2) is 11.2 Å². The van der Waals surface area contributed by atoms with E-state index in [1.165, 1.54) is 22.0 Å². The van der Waals surface area contributed by atoms with Crippen LogP contribution in [0.1, 0.15) is 28.4 Å². The number of rotatable bonds is 9. The summed E-state index contributed by atoms with van der Waals surface area (Å²) in [5.74, 6) is 0.170. The molecule has 0 saturated heterocycles. The molecule has 0 aliphatic carbocycles. The minimum absolute atomic E-state index is 0.246. The Labute approximate surface area is 212 Å². The monoisotopic (exact) mass is 500 g/mol. The SMILES string of the molecule is CCOC(=O)c1cnn(-c2nc(OCc3ccccc3)c3c(ncn3Cc3ccc(SC)cc3)n2)c1. The molecule has 0 bridgehead atoms. The van der Waals surface area contributed by atoms with Crippen LogP contribution < -0.4 is 4.74 Å². The second kappa shape index (κ2) is 10.6. The molecule has 9 nitrogen and oxygen atoms in total. The number of benzene rings is 2. The second-order valence-corrected chi connectivity index (χ2v) is 8.77. The molecule has 0 unspecified atom stereocenters. The van der Waals surface area contributed by atoms with E-state index < -0.39 is 5.97 Å². The van der Waals surface area contributed by atoms with Crippen LogP contribution in [0.25, 0.3) is 17.1 Å². The first kappa shape index (κ1) is 23.6. The summed E-state index contributed by atoms with van der Waals surface area (Å²) >= 11 is 1.70. The lowest BCUT2D eigenvalue weighted by molar-refractivity contribution is 0.0526. The number of hydrogen-bond donors (Lipinski definition) is 0. The quantitative estimate of drug-likeness (QED) is 0.215. The van der Waals surface area contributed by atoms with Crippen molar-refractivity contribution in [1.82, 2.24) is 29.3 Å². The van der Waals surface area contributed by atoms with Crippen LogP contribution in [0.4, 0.5) is 0 Å². The number of thioether (sulfide) groups is 1. The number of fused-ring (bicyclic) bond motifs is 1. The Morgan fingerprint density at radius 1 is 1.03 bits per heavy atom. The minimum atomic E-state index is -0.456. The van der Waals surface area contributed by atoms with Gasteiger partial charge in [-0.05, 0) is 36.4 Å². The molecule has 3 heterocycles. The lowest BCUT2D eigenvalue weighted by Crippen LogP contribution is -2.08. The number of carbonyl (C=O) groups is 1. The van der Waals surface area contributed by atoms with Crippen LogP contribution in [-0.2, 0) is 17.9 Å². The van der Waals surface area contributed by atoms with E-state index in [0.717, 1.165) is 11.1 Å². The standard InChI is InChI=1S/C26H24N6O3S/c1-3-34-25(33)20-13-28-32(15-20)26-29-23-22(24(30-26)35-16-19-7-5-4-6-8-19)31(17-27-23)14-18-9-11-21(36-2)12-10-18/h4-13,15,17H,3,14,16H2,1-2H3. The van der Waals surface area contributed by atoms with Crippen molar-refractivity contribution in [2.45, 2.75) is 25.0 Å². The summed E-state index contributed by atoms with van der Waals surface area (Å²) in [6.07, 6.45) is 6.74. The number of nitrogens with zero attached hydrogens (tertiary/aromatic N) is 6. The van der Waals surface area contributed by atoms with Crippen LogP contribution in [0.3, 0.4) is 0 Å². The van der Waals surface area contributed by atoms with Crippen molar-refractivity contribution in [2.24, 2.45) is 0 Å². The molecule has 182 valence electrons. The first-order chi connectivity index (χ1) is 17.6. The topological polar surface area (TPSA) is 97.0 Å². The van der Waals surface area contributed by atoms with Gasteiger partial charge in [-0.3, -0.25) is 0 Å². The number of hydrogen-bond acceptors (Lipinski definition) is 8. The van der Waals surface area contributed by atoms with Gasteiger partial charge in [0.2, 0.25) is 5.88 Å². The maximum absolute atomic E-state index is 12.1. The van der Waals surface area contributed by atoms with E-state index in [0.29, 0.717) is 35.8 Å². The van der Waals surface area contributed by atoms with Crippen LogP contribution in [0.5, 0.6) is 5.88 Å². The maximum atomic E-state index is 12.1. The molecule has 10 heteroatoms. The number of imidazole rings is 1. The molecular weight excluding hydrogens is 476 g/mol. The van der Waals surface area contributed by atoms with Gasteiger partial charge in [-0.2, -0.15) is 15.1 Å². The lowest BCUT2D eigenvalue weighted by Gasteiger charge is -2.11. The van der Waals surface area contributed by atoms with Crippen molar-refractivity contribution in [3.8, 4) is 11.8 Å². The third-order valence-corrected chi connectivity index (χ3v) is 6.20. The molecule has 0 saturated carbocycles. The number of esters is 1. The molecule has 2 aromatic carbocycles. The molecule has 0 aliphatic heterocycles. The van der Waals surface area contributed by atoms with Gasteiger partial charge in [-0.15, -0.1) is 11.8 Å². The molecule has 0 spiro atoms. The van der Waals surface area contributed by atoms with E-state index in [-0.39, 0.29) is 12.6 Å². The molecule has 0 aliphatic rings. The number of aromatic nitrogens is 6. The molecule has 0 fully saturated rings. The van der Waals surface area contributed by atoms with Gasteiger partial charge in [-0.25, -0.2) is 14.5 Å². The average Bonchev–Trinajstić information content (AvgIpc) is 3.57. The largest absolute Gasteiger partial charge is 0.471 e. The van der Waals surface area contributed by atoms with Crippen molar-refractivity contribution in [1.29, 1.82) is 0 Å². The summed E-state index contributed by atoms with van der Waals surface area (Å²) in [7, 11) is 0. The summed E-state index contributed by atoms with van der Waals surface area (Å²) in [5, 5.41) is 4.25. The molecule has 0 atom stereocenters. The van der Waals surface area contributed by atoms with Crippen LogP contribution in [0.2, 0.25) is 0 Å². The number of carbonyl (C=O) groups excluding carboxylic acids is 1. The van der Waals surface area contributed by atoms with Crippen molar-refractivity contribution in [2.75, 3.05) is 12.9 Å². The third kappa shape index (κ3) is 5.08. The highest BCUT2D eigenvalue weighted by Crippen LogP contribution is 2.26. The molecule has 5 rings (SSSR count). The van der Waals surface area contributed by atoms with Crippen LogP contribution in [0, 0.1) is 0 Å². The van der Waals surface area contributed by atoms with Gasteiger partial charge in [0.25, 0.3) is 5.95 Å². The molecule has 5 aromatic rings. The summed E-state index contributed by atoms with van der Waals surface area (Å²) in [5.41, 5.74) is 3.59. The zero-order valence-electron chi connectivity index (χ0n) is 19.9. The molecule has 0 amide bonds.